The number of anilines is 1. The van der Waals surface area contributed by atoms with Gasteiger partial charge in [-0.2, -0.15) is 4.98 Å². The number of aliphatic hydroxyl groups is 3. The molecule has 2 saturated heterocycles. The molecule has 0 unspecified atom stereocenters. The molecule has 0 bridgehead atoms. The van der Waals surface area contributed by atoms with Crippen molar-refractivity contribution in [3.63, 3.8) is 0 Å². The van der Waals surface area contributed by atoms with Gasteiger partial charge in [-0.05, 0) is 0 Å². The van der Waals surface area contributed by atoms with E-state index in [1.54, 1.807) is 6.07 Å². The van der Waals surface area contributed by atoms with Gasteiger partial charge in [-0.3, -0.25) is 9.36 Å². The van der Waals surface area contributed by atoms with E-state index in [0.717, 1.165) is 13.2 Å². The summed E-state index contributed by atoms with van der Waals surface area (Å²) in [5.74, 6) is -7.34. The van der Waals surface area contributed by atoms with Crippen LogP contribution in [0.4, 0.5) is 14.6 Å². The Bertz CT molecular complexity index is 1010. The predicted molar refractivity (Wildman–Crippen MR) is 102 cm³/mol. The Morgan fingerprint density at radius 1 is 1.28 bits per heavy atom. The third-order valence-corrected chi connectivity index (χ3v) is 4.85. The maximum absolute atomic E-state index is 15.3. The van der Waals surface area contributed by atoms with Crippen LogP contribution in [0.3, 0.4) is 0 Å². The van der Waals surface area contributed by atoms with Crippen molar-refractivity contribution >= 4 is 11.6 Å². The predicted octanol–water partition coefficient (Wildman–Crippen LogP) is -1.10. The number of nitrogens with two attached hydrogens (primary N) is 1. The number of Topliss-reactive ketones (excluding diaryl/α,β-unsaturated/α-hetero) is 1. The molecule has 13 heteroatoms. The van der Waals surface area contributed by atoms with Gasteiger partial charge in [0.2, 0.25) is 5.78 Å². The summed E-state index contributed by atoms with van der Waals surface area (Å²) in [7, 11) is 0. The molecule has 0 amide bonds. The minimum Gasteiger partial charge on any atom is -0.394 e. The zero-order valence-corrected chi connectivity index (χ0v) is 16.6. The standard InChI is InChI=1S/C16H15F2N3O6.C3H6O2/c17-9-6-21(14(25)20-13(9)19)16(11(23)8-4-2-1-3-5-8)15(18,26)12(24)10(7-22)27-16;1-2-5-3-4-1/h1-6,10,12,22,24,26H,7H2,(H2,19,20,25);1-3H2/t10-,12-,15-,16-;/m1./s1. The van der Waals surface area contributed by atoms with E-state index >= 15 is 4.39 Å². The molecule has 2 aliphatic heterocycles. The van der Waals surface area contributed by atoms with E-state index < -0.39 is 53.5 Å². The van der Waals surface area contributed by atoms with E-state index in [2.05, 4.69) is 4.98 Å². The number of aromatic nitrogens is 2. The molecule has 5 N–H and O–H groups in total. The van der Waals surface area contributed by atoms with Crippen LogP contribution in [-0.2, 0) is 19.9 Å². The summed E-state index contributed by atoms with van der Waals surface area (Å²) in [5, 5.41) is 29.6. The highest BCUT2D eigenvalue weighted by Gasteiger charge is 2.72. The first kappa shape index (κ1) is 23.8. The van der Waals surface area contributed by atoms with Gasteiger partial charge in [0.05, 0.1) is 26.0 Å². The highest BCUT2D eigenvalue weighted by atomic mass is 19.2. The van der Waals surface area contributed by atoms with Crippen molar-refractivity contribution < 1.29 is 43.1 Å². The van der Waals surface area contributed by atoms with Gasteiger partial charge < -0.3 is 35.3 Å². The van der Waals surface area contributed by atoms with Crippen LogP contribution >= 0.6 is 0 Å². The fraction of sp³-hybridized carbons (Fsp3) is 0.421. The van der Waals surface area contributed by atoms with E-state index in [4.69, 9.17) is 19.9 Å². The van der Waals surface area contributed by atoms with Gasteiger partial charge in [0.15, 0.2) is 11.6 Å². The normalized spacial score (nSPS) is 29.4. The largest absolute Gasteiger partial charge is 0.394 e. The Kier molecular flexibility index (Phi) is 6.97. The van der Waals surface area contributed by atoms with E-state index in [-0.39, 0.29) is 10.1 Å². The number of ketones is 1. The second-order valence-corrected chi connectivity index (χ2v) is 6.86. The van der Waals surface area contributed by atoms with Crippen LogP contribution in [0.5, 0.6) is 0 Å². The molecule has 0 aliphatic carbocycles. The molecule has 1 aromatic heterocycles. The lowest BCUT2D eigenvalue weighted by Crippen LogP contribution is -2.62. The summed E-state index contributed by atoms with van der Waals surface area (Å²) in [6.07, 6.45) is -3.88. The number of benzene rings is 1. The van der Waals surface area contributed by atoms with Crippen molar-refractivity contribution in [3.8, 4) is 0 Å². The Labute approximate surface area is 179 Å². The quantitative estimate of drug-likeness (QED) is 0.414. The topological polar surface area (TPSA) is 166 Å². The molecule has 2 fully saturated rings. The first-order chi connectivity index (χ1) is 15.2. The van der Waals surface area contributed by atoms with Gasteiger partial charge in [-0.15, -0.1) is 0 Å². The number of hydrogen-bond acceptors (Lipinski definition) is 10. The zero-order chi connectivity index (χ0) is 23.5. The average Bonchev–Trinajstić information content (AvgIpc) is 3.42. The van der Waals surface area contributed by atoms with Gasteiger partial charge in [-0.1, -0.05) is 30.3 Å². The highest BCUT2D eigenvalue weighted by molar-refractivity contribution is 6.02. The maximum Gasteiger partial charge on any atom is 0.352 e. The molecular weight excluding hydrogens is 436 g/mol. The number of aliphatic hydroxyl groups excluding tert-OH is 2. The van der Waals surface area contributed by atoms with Crippen LogP contribution in [0.15, 0.2) is 41.3 Å². The van der Waals surface area contributed by atoms with Gasteiger partial charge in [0.1, 0.15) is 19.0 Å². The van der Waals surface area contributed by atoms with Crippen molar-refractivity contribution in [3.05, 3.63) is 58.4 Å². The SMILES string of the molecule is C1COCO1.Nc1nc(=O)n([C@]2(C(=O)c3ccccc3)O[C@H](CO)[C@@H](O)[C@]2(O)F)cc1F. The van der Waals surface area contributed by atoms with E-state index in [1.165, 1.54) is 24.3 Å². The molecule has 2 aromatic rings. The van der Waals surface area contributed by atoms with Crippen molar-refractivity contribution in [2.75, 3.05) is 32.3 Å². The third-order valence-electron chi connectivity index (χ3n) is 4.85. The fourth-order valence-corrected chi connectivity index (χ4v) is 3.25. The molecule has 32 heavy (non-hydrogen) atoms. The Morgan fingerprint density at radius 3 is 2.41 bits per heavy atom. The Morgan fingerprint density at radius 2 is 1.91 bits per heavy atom. The monoisotopic (exact) mass is 457 g/mol. The molecule has 0 saturated carbocycles. The van der Waals surface area contributed by atoms with Gasteiger partial charge in [0.25, 0.3) is 11.6 Å². The number of ether oxygens (including phenoxy) is 3. The zero-order valence-electron chi connectivity index (χ0n) is 16.6. The van der Waals surface area contributed by atoms with Crippen LogP contribution in [0.1, 0.15) is 10.4 Å². The van der Waals surface area contributed by atoms with Crippen molar-refractivity contribution in [2.24, 2.45) is 0 Å². The van der Waals surface area contributed by atoms with Crippen molar-refractivity contribution in [1.29, 1.82) is 0 Å². The van der Waals surface area contributed by atoms with Crippen molar-refractivity contribution in [2.45, 2.75) is 23.8 Å². The Balaban J connectivity index is 0.000000509. The number of carbonyl (C=O) groups excluding carboxylic acids is 1. The number of rotatable bonds is 4. The lowest BCUT2D eigenvalue weighted by molar-refractivity contribution is -0.234. The van der Waals surface area contributed by atoms with Crippen LogP contribution in [-0.4, -0.2) is 75.3 Å². The van der Waals surface area contributed by atoms with Gasteiger partial charge in [-0.25, -0.2) is 13.6 Å². The molecule has 11 nitrogen and oxygen atoms in total. The summed E-state index contributed by atoms with van der Waals surface area (Å²) in [4.78, 5) is 28.5. The number of nitrogens with zero attached hydrogens (tertiary/aromatic N) is 2. The molecule has 0 radical (unpaired) electrons. The lowest BCUT2D eigenvalue weighted by Gasteiger charge is -2.35. The first-order valence-corrected chi connectivity index (χ1v) is 9.35. The molecule has 4 rings (SSSR count). The summed E-state index contributed by atoms with van der Waals surface area (Å²) >= 11 is 0. The second-order valence-electron chi connectivity index (χ2n) is 6.86. The van der Waals surface area contributed by atoms with Crippen LogP contribution in [0, 0.1) is 5.82 Å². The number of carbonyl (C=O) groups is 1. The van der Waals surface area contributed by atoms with Crippen molar-refractivity contribution in [1.82, 2.24) is 9.55 Å². The lowest BCUT2D eigenvalue weighted by atomic mass is 9.91. The van der Waals surface area contributed by atoms with Crippen LogP contribution in [0.2, 0.25) is 0 Å². The summed E-state index contributed by atoms with van der Waals surface area (Å²) < 4.78 is 43.9. The van der Waals surface area contributed by atoms with Crippen LogP contribution in [0.25, 0.3) is 0 Å². The molecular formula is C19H21F2N3O8. The smallest absolute Gasteiger partial charge is 0.352 e. The molecule has 174 valence electrons. The minimum atomic E-state index is -3.92. The average molecular weight is 457 g/mol. The van der Waals surface area contributed by atoms with Gasteiger partial charge in [0, 0.05) is 5.56 Å². The summed E-state index contributed by atoms with van der Waals surface area (Å²) in [5.41, 5.74) is 0.310. The van der Waals surface area contributed by atoms with E-state index in [0.29, 0.717) is 13.0 Å². The number of hydrogen-bond donors (Lipinski definition) is 4. The van der Waals surface area contributed by atoms with Gasteiger partial charge >= 0.3 is 5.69 Å². The number of halogens is 2. The minimum absolute atomic E-state index is 0.0763. The number of alkyl halides is 1. The summed E-state index contributed by atoms with van der Waals surface area (Å²) in [6, 6.07) is 6.83. The first-order valence-electron chi connectivity index (χ1n) is 9.35. The number of nitrogen functional groups attached to an aromatic ring is 1. The van der Waals surface area contributed by atoms with E-state index in [1.807, 2.05) is 0 Å². The molecule has 0 spiro atoms. The molecule has 3 heterocycles. The molecule has 2 aliphatic rings. The van der Waals surface area contributed by atoms with Crippen LogP contribution < -0.4 is 11.4 Å². The second kappa shape index (κ2) is 9.36. The Hall–Kier alpha value is -2.81. The fourth-order valence-electron chi connectivity index (χ4n) is 3.25. The third kappa shape index (κ3) is 4.01. The van der Waals surface area contributed by atoms with E-state index in [9.17, 15) is 29.3 Å². The summed E-state index contributed by atoms with van der Waals surface area (Å²) in [6.45, 7) is 1.05. The molecule has 4 atom stereocenters. The molecule has 1 aromatic carbocycles. The maximum atomic E-state index is 15.3. The highest BCUT2D eigenvalue weighted by Crippen LogP contribution is 2.46.